The molecule has 5 nitrogen and oxygen atoms in total. The molecule has 2 aromatic carbocycles. The van der Waals surface area contributed by atoms with Crippen molar-refractivity contribution in [1.82, 2.24) is 4.90 Å². The number of carbonyl (C=O) groups is 2. The van der Waals surface area contributed by atoms with Crippen molar-refractivity contribution < 1.29 is 19.1 Å². The van der Waals surface area contributed by atoms with Crippen molar-refractivity contribution in [3.63, 3.8) is 0 Å². The molecule has 6 heteroatoms. The maximum atomic E-state index is 14.0. The molecule has 0 radical (unpaired) electrons. The van der Waals surface area contributed by atoms with Crippen molar-refractivity contribution in [2.24, 2.45) is 10.8 Å². The zero-order valence-corrected chi connectivity index (χ0v) is 26.5. The minimum absolute atomic E-state index is 0.126. The molecule has 1 heterocycles. The lowest BCUT2D eigenvalue weighted by Crippen LogP contribution is -2.44. The molecule has 2 aromatic rings. The topological polar surface area (TPSA) is 55.8 Å². The average Bonchev–Trinajstić information content (AvgIpc) is 2.90. The number of halogens is 1. The lowest BCUT2D eigenvalue weighted by Gasteiger charge is -2.49. The standard InChI is InChI=1S/C36H42ClNO4/c1-8-10-23-15-24(16-30(41-7)34(23)42-21-22-11-13-25(37)14-12-22)31-32-26(17-35(3,4)19-28(32)39)38(9-2)27-18-36(5,6)20-29(40)33(27)31/h8,11-16,31H,1,9-10,17-21H2,2-7H3. The summed E-state index contributed by atoms with van der Waals surface area (Å²) in [5.74, 6) is 1.03. The number of nitrogens with zero attached hydrogens (tertiary/aromatic N) is 1. The van der Waals surface area contributed by atoms with Crippen LogP contribution >= 0.6 is 11.6 Å². The lowest BCUT2D eigenvalue weighted by atomic mass is 9.63. The van der Waals surface area contributed by atoms with Crippen LogP contribution in [0.15, 0.2) is 71.6 Å². The Kier molecular flexibility index (Phi) is 8.19. The van der Waals surface area contributed by atoms with Crippen LogP contribution in [0.4, 0.5) is 0 Å². The Morgan fingerprint density at radius 2 is 1.52 bits per heavy atom. The first kappa shape index (κ1) is 30.2. The van der Waals surface area contributed by atoms with E-state index >= 15 is 0 Å². The molecule has 0 N–H and O–H groups in total. The van der Waals surface area contributed by atoms with Gasteiger partial charge in [-0.2, -0.15) is 0 Å². The normalized spacial score (nSPS) is 19.9. The van der Waals surface area contributed by atoms with Crippen molar-refractivity contribution in [2.45, 2.75) is 79.2 Å². The van der Waals surface area contributed by atoms with E-state index in [4.69, 9.17) is 21.1 Å². The molecule has 0 aromatic heterocycles. The third-order valence-electron chi connectivity index (χ3n) is 8.71. The van der Waals surface area contributed by atoms with E-state index in [0.29, 0.717) is 42.4 Å². The van der Waals surface area contributed by atoms with E-state index in [-0.39, 0.29) is 22.4 Å². The van der Waals surface area contributed by atoms with Crippen molar-refractivity contribution in [1.29, 1.82) is 0 Å². The second-order valence-corrected chi connectivity index (χ2v) is 13.8. The fourth-order valence-corrected chi connectivity index (χ4v) is 7.10. The van der Waals surface area contributed by atoms with E-state index < -0.39 is 5.92 Å². The first-order valence-corrected chi connectivity index (χ1v) is 15.2. The summed E-state index contributed by atoms with van der Waals surface area (Å²) in [7, 11) is 1.63. The third-order valence-corrected chi connectivity index (χ3v) is 8.96. The maximum Gasteiger partial charge on any atom is 0.165 e. The molecule has 3 aliphatic rings. The molecule has 0 fully saturated rings. The van der Waals surface area contributed by atoms with Gasteiger partial charge in [0.2, 0.25) is 0 Å². The molecular weight excluding hydrogens is 546 g/mol. The van der Waals surface area contributed by atoms with Crippen LogP contribution in [0.5, 0.6) is 11.5 Å². The van der Waals surface area contributed by atoms with Crippen molar-refractivity contribution in [2.75, 3.05) is 13.7 Å². The molecule has 0 spiro atoms. The van der Waals surface area contributed by atoms with Gasteiger partial charge < -0.3 is 14.4 Å². The number of hydrogen-bond acceptors (Lipinski definition) is 5. The number of rotatable bonds is 8. The van der Waals surface area contributed by atoms with Gasteiger partial charge in [-0.25, -0.2) is 0 Å². The largest absolute Gasteiger partial charge is 0.493 e. The van der Waals surface area contributed by atoms with Gasteiger partial charge in [0.1, 0.15) is 6.61 Å². The number of methoxy groups -OCH3 is 1. The summed E-state index contributed by atoms with van der Waals surface area (Å²) in [5.41, 5.74) is 6.16. The first-order chi connectivity index (χ1) is 19.9. The molecule has 0 unspecified atom stereocenters. The van der Waals surface area contributed by atoms with Crippen LogP contribution in [0.3, 0.4) is 0 Å². The summed E-state index contributed by atoms with van der Waals surface area (Å²) in [6.45, 7) is 15.8. The van der Waals surface area contributed by atoms with Crippen LogP contribution in [-0.4, -0.2) is 30.1 Å². The smallest absolute Gasteiger partial charge is 0.165 e. The Labute approximate surface area is 255 Å². The summed E-state index contributed by atoms with van der Waals surface area (Å²) in [6, 6.07) is 11.6. The van der Waals surface area contributed by atoms with E-state index in [0.717, 1.165) is 58.6 Å². The van der Waals surface area contributed by atoms with Crippen LogP contribution in [-0.2, 0) is 22.6 Å². The quantitative estimate of drug-likeness (QED) is 0.290. The summed E-state index contributed by atoms with van der Waals surface area (Å²) >= 11 is 6.07. The number of carbonyl (C=O) groups excluding carboxylic acids is 2. The molecule has 42 heavy (non-hydrogen) atoms. The Morgan fingerprint density at radius 3 is 2.02 bits per heavy atom. The highest BCUT2D eigenvalue weighted by atomic mass is 35.5. The van der Waals surface area contributed by atoms with Gasteiger partial charge in [-0.3, -0.25) is 9.59 Å². The molecular formula is C36H42ClNO4. The number of Topliss-reactive ketones (excluding diaryl/α,β-unsaturated/α-hetero) is 2. The second kappa shape index (κ2) is 11.4. The molecule has 0 amide bonds. The summed E-state index contributed by atoms with van der Waals surface area (Å²) in [4.78, 5) is 30.3. The Balaban J connectivity index is 1.68. The van der Waals surface area contributed by atoms with Gasteiger partial charge in [0.25, 0.3) is 0 Å². The fourth-order valence-electron chi connectivity index (χ4n) is 6.97. The molecule has 0 saturated carbocycles. The Morgan fingerprint density at radius 1 is 0.952 bits per heavy atom. The number of hydrogen-bond donors (Lipinski definition) is 0. The minimum atomic E-state index is -0.437. The number of ether oxygens (including phenoxy) is 2. The Bertz CT molecular complexity index is 1440. The maximum absolute atomic E-state index is 14.0. The van der Waals surface area contributed by atoms with E-state index in [2.05, 4.69) is 52.2 Å². The van der Waals surface area contributed by atoms with Crippen molar-refractivity contribution >= 4 is 23.2 Å². The number of benzene rings is 2. The molecule has 0 saturated heterocycles. The predicted octanol–water partition coefficient (Wildman–Crippen LogP) is 8.36. The third kappa shape index (κ3) is 5.68. The van der Waals surface area contributed by atoms with Gasteiger partial charge in [-0.05, 0) is 66.3 Å². The van der Waals surface area contributed by atoms with E-state index in [1.54, 1.807) is 7.11 Å². The minimum Gasteiger partial charge on any atom is -0.493 e. The van der Waals surface area contributed by atoms with Crippen LogP contribution in [0.2, 0.25) is 5.02 Å². The van der Waals surface area contributed by atoms with E-state index in [1.165, 1.54) is 0 Å². The van der Waals surface area contributed by atoms with Crippen LogP contribution in [0, 0.1) is 10.8 Å². The summed E-state index contributed by atoms with van der Waals surface area (Å²) in [5, 5.41) is 0.672. The second-order valence-electron chi connectivity index (χ2n) is 13.4. The first-order valence-electron chi connectivity index (χ1n) is 14.9. The van der Waals surface area contributed by atoms with Gasteiger partial charge >= 0.3 is 0 Å². The van der Waals surface area contributed by atoms with Crippen molar-refractivity contribution in [3.05, 3.63) is 93.3 Å². The SMILES string of the molecule is C=CCc1cc(C2C3=C(CC(C)(C)CC3=O)N(CC)C3=C2C(=O)CC(C)(C)C3)cc(OC)c1OCc1ccc(Cl)cc1. The van der Waals surface area contributed by atoms with Crippen LogP contribution in [0.1, 0.15) is 82.9 Å². The fraction of sp³-hybridized carbons (Fsp3) is 0.444. The number of allylic oxidation sites excluding steroid dienone is 5. The highest BCUT2D eigenvalue weighted by Gasteiger charge is 2.48. The molecule has 5 rings (SSSR count). The van der Waals surface area contributed by atoms with E-state index in [1.807, 2.05) is 36.4 Å². The van der Waals surface area contributed by atoms with Gasteiger partial charge in [0.05, 0.1) is 7.11 Å². The molecule has 222 valence electrons. The highest BCUT2D eigenvalue weighted by molar-refractivity contribution is 6.30. The molecule has 1 aliphatic heterocycles. The van der Waals surface area contributed by atoms with E-state index in [9.17, 15) is 9.59 Å². The van der Waals surface area contributed by atoms with Gasteiger partial charge in [-0.15, -0.1) is 6.58 Å². The predicted molar refractivity (Wildman–Crippen MR) is 168 cm³/mol. The lowest BCUT2D eigenvalue weighted by molar-refractivity contribution is -0.119. The summed E-state index contributed by atoms with van der Waals surface area (Å²) in [6.07, 6.45) is 4.90. The van der Waals surface area contributed by atoms with Gasteiger partial charge in [0, 0.05) is 58.4 Å². The average molecular weight is 588 g/mol. The summed E-state index contributed by atoms with van der Waals surface area (Å²) < 4.78 is 12.3. The zero-order chi connectivity index (χ0) is 30.4. The van der Waals surface area contributed by atoms with Crippen LogP contribution in [0.25, 0.3) is 0 Å². The monoisotopic (exact) mass is 587 g/mol. The Hall–Kier alpha value is -3.31. The van der Waals surface area contributed by atoms with Crippen molar-refractivity contribution in [3.8, 4) is 11.5 Å². The molecule has 2 aliphatic carbocycles. The molecule has 0 atom stereocenters. The zero-order valence-electron chi connectivity index (χ0n) is 25.7. The van der Waals surface area contributed by atoms with Gasteiger partial charge in [-0.1, -0.05) is 63.6 Å². The highest BCUT2D eigenvalue weighted by Crippen LogP contribution is 2.55. The van der Waals surface area contributed by atoms with Crippen LogP contribution < -0.4 is 9.47 Å². The number of ketones is 2. The van der Waals surface area contributed by atoms with Gasteiger partial charge in [0.15, 0.2) is 23.1 Å². The molecule has 0 bridgehead atoms.